The lowest BCUT2D eigenvalue weighted by Gasteiger charge is -2.27. The molecular formula is C23H23Cl2N3OS. The van der Waals surface area contributed by atoms with Crippen LogP contribution < -0.4 is 5.32 Å². The minimum Gasteiger partial charge on any atom is -0.392 e. The van der Waals surface area contributed by atoms with Gasteiger partial charge in [0.1, 0.15) is 0 Å². The Morgan fingerprint density at radius 1 is 1.17 bits per heavy atom. The van der Waals surface area contributed by atoms with Crippen molar-refractivity contribution in [1.82, 2.24) is 9.88 Å². The zero-order chi connectivity index (χ0) is 20.7. The Bertz CT molecular complexity index is 1050. The molecule has 7 heteroatoms. The summed E-state index contributed by atoms with van der Waals surface area (Å²) in [6.07, 6.45) is 4.56. The SMILES string of the molecule is O[C@@H]1CCN(C(c2cnc(NC3(c4cccc(Cl)c4)CC3)s2)c2ccccc2Cl)C1. The summed E-state index contributed by atoms with van der Waals surface area (Å²) in [6, 6.07) is 16.0. The quantitative estimate of drug-likeness (QED) is 0.495. The third-order valence-electron chi connectivity index (χ3n) is 6.03. The van der Waals surface area contributed by atoms with E-state index in [2.05, 4.69) is 22.3 Å². The smallest absolute Gasteiger partial charge is 0.183 e. The van der Waals surface area contributed by atoms with E-state index in [9.17, 15) is 5.11 Å². The second-order valence-corrected chi connectivity index (χ2v) is 10.1. The highest BCUT2D eigenvalue weighted by molar-refractivity contribution is 7.15. The summed E-state index contributed by atoms with van der Waals surface area (Å²) in [5, 5.41) is 16.2. The topological polar surface area (TPSA) is 48.4 Å². The first-order chi connectivity index (χ1) is 14.5. The minimum atomic E-state index is -0.293. The maximum absolute atomic E-state index is 10.1. The van der Waals surface area contributed by atoms with Crippen LogP contribution in [-0.4, -0.2) is 34.2 Å². The van der Waals surface area contributed by atoms with Gasteiger partial charge in [-0.25, -0.2) is 4.98 Å². The Hall–Kier alpha value is -1.63. The monoisotopic (exact) mass is 459 g/mol. The number of aliphatic hydroxyl groups is 1. The molecule has 1 unspecified atom stereocenters. The van der Waals surface area contributed by atoms with Crippen molar-refractivity contribution in [3.05, 3.63) is 80.8 Å². The van der Waals surface area contributed by atoms with E-state index in [1.165, 1.54) is 5.56 Å². The number of β-amino-alcohol motifs (C(OH)–C–C–N with tert-alkyl or cyclic N) is 1. The van der Waals surface area contributed by atoms with Crippen molar-refractivity contribution in [2.24, 2.45) is 0 Å². The summed E-state index contributed by atoms with van der Waals surface area (Å²) in [7, 11) is 0. The Balaban J connectivity index is 1.44. The molecule has 2 fully saturated rings. The van der Waals surface area contributed by atoms with Gasteiger partial charge in [-0.2, -0.15) is 0 Å². The Morgan fingerprint density at radius 2 is 2.00 bits per heavy atom. The second kappa shape index (κ2) is 8.13. The third kappa shape index (κ3) is 3.97. The third-order valence-corrected chi connectivity index (χ3v) is 7.57. The molecule has 156 valence electrons. The summed E-state index contributed by atoms with van der Waals surface area (Å²) in [5.41, 5.74) is 2.18. The maximum atomic E-state index is 10.1. The van der Waals surface area contributed by atoms with Crippen LogP contribution in [0.25, 0.3) is 0 Å². The van der Waals surface area contributed by atoms with Crippen LogP contribution >= 0.6 is 34.5 Å². The highest BCUT2D eigenvalue weighted by Crippen LogP contribution is 2.50. The average molecular weight is 460 g/mol. The number of likely N-dealkylation sites (tertiary alicyclic amines) is 1. The summed E-state index contributed by atoms with van der Waals surface area (Å²) < 4.78 is 0. The van der Waals surface area contributed by atoms with Gasteiger partial charge in [-0.05, 0) is 48.6 Å². The predicted molar refractivity (Wildman–Crippen MR) is 124 cm³/mol. The normalized spacial score (nSPS) is 21.5. The van der Waals surface area contributed by atoms with Gasteiger partial charge in [-0.1, -0.05) is 53.5 Å². The molecule has 2 aliphatic rings. The van der Waals surface area contributed by atoms with Crippen molar-refractivity contribution in [2.45, 2.75) is 36.9 Å². The van der Waals surface area contributed by atoms with E-state index < -0.39 is 0 Å². The van der Waals surface area contributed by atoms with E-state index in [4.69, 9.17) is 28.2 Å². The molecule has 1 aromatic heterocycles. The highest BCUT2D eigenvalue weighted by Gasteiger charge is 2.45. The maximum Gasteiger partial charge on any atom is 0.183 e. The van der Waals surface area contributed by atoms with Crippen molar-refractivity contribution in [3.8, 4) is 0 Å². The highest BCUT2D eigenvalue weighted by atomic mass is 35.5. The van der Waals surface area contributed by atoms with Crippen LogP contribution in [0.4, 0.5) is 5.13 Å². The zero-order valence-corrected chi connectivity index (χ0v) is 18.7. The molecule has 5 rings (SSSR count). The van der Waals surface area contributed by atoms with Crippen LogP contribution in [-0.2, 0) is 5.54 Å². The molecular weight excluding hydrogens is 437 g/mol. The summed E-state index contributed by atoms with van der Waals surface area (Å²) in [4.78, 5) is 8.12. The molecule has 2 aromatic carbocycles. The number of rotatable bonds is 6. The first-order valence-electron chi connectivity index (χ1n) is 10.2. The molecule has 4 nitrogen and oxygen atoms in total. The van der Waals surface area contributed by atoms with Crippen LogP contribution in [0.2, 0.25) is 10.0 Å². The van der Waals surface area contributed by atoms with Gasteiger partial charge in [0.05, 0.1) is 17.7 Å². The number of nitrogens with zero attached hydrogens (tertiary/aromatic N) is 2. The van der Waals surface area contributed by atoms with Crippen molar-refractivity contribution in [3.63, 3.8) is 0 Å². The molecule has 0 radical (unpaired) electrons. The predicted octanol–water partition coefficient (Wildman–Crippen LogP) is 5.71. The molecule has 1 saturated carbocycles. The van der Waals surface area contributed by atoms with Gasteiger partial charge in [0.25, 0.3) is 0 Å². The fourth-order valence-corrected chi connectivity index (χ4v) is 5.80. The first-order valence-corrected chi connectivity index (χ1v) is 11.8. The van der Waals surface area contributed by atoms with E-state index in [1.54, 1.807) is 11.3 Å². The number of nitrogens with one attached hydrogen (secondary N) is 1. The van der Waals surface area contributed by atoms with Gasteiger partial charge in [0.2, 0.25) is 0 Å². The van der Waals surface area contributed by atoms with E-state index >= 15 is 0 Å². The molecule has 0 bridgehead atoms. The lowest BCUT2D eigenvalue weighted by Crippen LogP contribution is -2.28. The Kier molecular flexibility index (Phi) is 5.50. The van der Waals surface area contributed by atoms with Crippen LogP contribution in [0.1, 0.15) is 41.3 Å². The Labute approximate surface area is 190 Å². The first kappa shape index (κ1) is 20.3. The Morgan fingerprint density at radius 3 is 2.70 bits per heavy atom. The number of halogens is 2. The van der Waals surface area contributed by atoms with Gasteiger partial charge < -0.3 is 10.4 Å². The molecule has 0 amide bonds. The molecule has 30 heavy (non-hydrogen) atoms. The molecule has 2 atom stereocenters. The van der Waals surface area contributed by atoms with E-state index in [0.29, 0.717) is 6.54 Å². The number of thiazole rings is 1. The molecule has 1 aliphatic heterocycles. The average Bonchev–Trinajstić information content (AvgIpc) is 3.16. The molecule has 2 heterocycles. The van der Waals surface area contributed by atoms with Crippen molar-refractivity contribution >= 4 is 39.7 Å². The zero-order valence-electron chi connectivity index (χ0n) is 16.4. The van der Waals surface area contributed by atoms with Gasteiger partial charge in [0, 0.05) is 34.2 Å². The largest absolute Gasteiger partial charge is 0.392 e. The molecule has 2 N–H and O–H groups in total. The van der Waals surface area contributed by atoms with Gasteiger partial charge >= 0.3 is 0 Å². The number of hydrogen-bond acceptors (Lipinski definition) is 5. The van der Waals surface area contributed by atoms with Crippen molar-refractivity contribution < 1.29 is 5.11 Å². The van der Waals surface area contributed by atoms with E-state index in [0.717, 1.165) is 51.4 Å². The second-order valence-electron chi connectivity index (χ2n) is 8.15. The standard InChI is InChI=1S/C23H23Cl2N3OS/c24-16-5-3-4-15(12-16)23(9-10-23)27-22-26-13-20(30-22)21(28-11-8-17(29)14-28)18-6-1-2-7-19(18)25/h1-7,12-13,17,21,29H,8-11,14H2,(H,26,27)/t17-,21?/m1/s1. The summed E-state index contributed by atoms with van der Waals surface area (Å²) in [5.74, 6) is 0. The lowest BCUT2D eigenvalue weighted by molar-refractivity contribution is 0.167. The summed E-state index contributed by atoms with van der Waals surface area (Å²) >= 11 is 14.4. The van der Waals surface area contributed by atoms with Gasteiger partial charge in [0.15, 0.2) is 5.13 Å². The van der Waals surface area contributed by atoms with Crippen LogP contribution in [0.5, 0.6) is 0 Å². The molecule has 0 spiro atoms. The summed E-state index contributed by atoms with van der Waals surface area (Å²) in [6.45, 7) is 1.48. The molecule has 3 aromatic rings. The molecule has 1 saturated heterocycles. The number of aliphatic hydroxyl groups excluding tert-OH is 1. The van der Waals surface area contributed by atoms with E-state index in [-0.39, 0.29) is 17.7 Å². The minimum absolute atomic E-state index is 0.00905. The van der Waals surface area contributed by atoms with E-state index in [1.807, 2.05) is 42.6 Å². The number of anilines is 1. The van der Waals surface area contributed by atoms with Crippen LogP contribution in [0.15, 0.2) is 54.7 Å². The number of hydrogen-bond donors (Lipinski definition) is 2. The van der Waals surface area contributed by atoms with Gasteiger partial charge in [-0.15, -0.1) is 11.3 Å². The number of benzene rings is 2. The lowest BCUT2D eigenvalue weighted by atomic mass is 10.0. The van der Waals surface area contributed by atoms with Crippen LogP contribution in [0, 0.1) is 0 Å². The van der Waals surface area contributed by atoms with Crippen LogP contribution in [0.3, 0.4) is 0 Å². The molecule has 1 aliphatic carbocycles. The van der Waals surface area contributed by atoms with Crippen molar-refractivity contribution in [2.75, 3.05) is 18.4 Å². The van der Waals surface area contributed by atoms with Crippen molar-refractivity contribution in [1.29, 1.82) is 0 Å². The fourth-order valence-electron chi connectivity index (χ4n) is 4.30. The fraction of sp³-hybridized carbons (Fsp3) is 0.348. The van der Waals surface area contributed by atoms with Gasteiger partial charge in [-0.3, -0.25) is 4.90 Å². The number of aromatic nitrogens is 1.